The third kappa shape index (κ3) is 3.97. The zero-order valence-corrected chi connectivity index (χ0v) is 12.7. The van der Waals surface area contributed by atoms with Crippen molar-refractivity contribution in [2.45, 2.75) is 39.4 Å². The van der Waals surface area contributed by atoms with Crippen LogP contribution in [-0.2, 0) is 9.47 Å². The van der Waals surface area contributed by atoms with E-state index in [2.05, 4.69) is 19.1 Å². The normalized spacial score (nSPS) is 19.8. The van der Waals surface area contributed by atoms with Gasteiger partial charge in [-0.05, 0) is 33.3 Å². The van der Waals surface area contributed by atoms with E-state index in [-0.39, 0.29) is 12.2 Å². The van der Waals surface area contributed by atoms with Crippen molar-refractivity contribution in [3.05, 3.63) is 35.4 Å². The van der Waals surface area contributed by atoms with E-state index in [9.17, 15) is 4.79 Å². The van der Waals surface area contributed by atoms with Crippen LogP contribution in [0.25, 0.3) is 0 Å². The first-order valence-electron chi connectivity index (χ1n) is 7.01. The van der Waals surface area contributed by atoms with E-state index in [0.717, 1.165) is 5.56 Å². The van der Waals surface area contributed by atoms with Gasteiger partial charge in [0.1, 0.15) is 11.7 Å². The Bertz CT molecular complexity index is 479. The van der Waals surface area contributed by atoms with Crippen LogP contribution in [0.2, 0.25) is 0 Å². The summed E-state index contributed by atoms with van der Waals surface area (Å²) >= 11 is 0. The van der Waals surface area contributed by atoms with Crippen LogP contribution in [0.15, 0.2) is 24.3 Å². The minimum absolute atomic E-state index is 0.0730. The molecule has 1 heterocycles. The molecule has 0 aromatic heterocycles. The Balaban J connectivity index is 2.03. The van der Waals surface area contributed by atoms with Crippen molar-refractivity contribution >= 4 is 6.09 Å². The zero-order valence-electron chi connectivity index (χ0n) is 12.7. The zero-order chi connectivity index (χ0) is 14.8. The van der Waals surface area contributed by atoms with Crippen molar-refractivity contribution in [2.24, 2.45) is 0 Å². The summed E-state index contributed by atoms with van der Waals surface area (Å²) in [6.07, 6.45) is -0.338. The van der Waals surface area contributed by atoms with Gasteiger partial charge in [-0.3, -0.25) is 0 Å². The van der Waals surface area contributed by atoms with Gasteiger partial charge in [0.05, 0.1) is 13.2 Å². The molecule has 0 spiro atoms. The Labute approximate surface area is 120 Å². The number of rotatable bonds is 1. The van der Waals surface area contributed by atoms with Crippen molar-refractivity contribution in [1.82, 2.24) is 4.90 Å². The van der Waals surface area contributed by atoms with Gasteiger partial charge < -0.3 is 14.4 Å². The van der Waals surface area contributed by atoms with E-state index in [4.69, 9.17) is 9.47 Å². The number of hydrogen-bond donors (Lipinski definition) is 0. The third-order valence-corrected chi connectivity index (χ3v) is 3.13. The largest absolute Gasteiger partial charge is 0.444 e. The van der Waals surface area contributed by atoms with Crippen LogP contribution in [0.1, 0.15) is 38.0 Å². The molecule has 1 aromatic rings. The summed E-state index contributed by atoms with van der Waals surface area (Å²) in [4.78, 5) is 13.8. The van der Waals surface area contributed by atoms with Crippen molar-refractivity contribution in [3.63, 3.8) is 0 Å². The molecule has 1 aliphatic rings. The number of amides is 1. The molecule has 1 aliphatic heterocycles. The highest BCUT2D eigenvalue weighted by Crippen LogP contribution is 2.24. The van der Waals surface area contributed by atoms with Crippen molar-refractivity contribution < 1.29 is 14.3 Å². The van der Waals surface area contributed by atoms with Gasteiger partial charge in [-0.1, -0.05) is 29.8 Å². The van der Waals surface area contributed by atoms with Gasteiger partial charge in [-0.15, -0.1) is 0 Å². The molecule has 0 aliphatic carbocycles. The highest BCUT2D eigenvalue weighted by atomic mass is 16.6. The number of morpholine rings is 1. The van der Waals surface area contributed by atoms with Crippen LogP contribution < -0.4 is 0 Å². The molecule has 110 valence electrons. The second-order valence-corrected chi connectivity index (χ2v) is 6.20. The number of nitrogens with zero attached hydrogens (tertiary/aromatic N) is 1. The smallest absolute Gasteiger partial charge is 0.410 e. The number of carbonyl (C=O) groups excluding carboxylic acids is 1. The lowest BCUT2D eigenvalue weighted by atomic mass is 10.1. The minimum atomic E-state index is -0.464. The molecule has 0 radical (unpaired) electrons. The molecule has 0 N–H and O–H groups in total. The van der Waals surface area contributed by atoms with Gasteiger partial charge in [0.15, 0.2) is 0 Å². The summed E-state index contributed by atoms with van der Waals surface area (Å²) in [5.41, 5.74) is 1.84. The maximum atomic E-state index is 12.1. The van der Waals surface area contributed by atoms with Gasteiger partial charge >= 0.3 is 6.09 Å². The molecule has 0 unspecified atom stereocenters. The van der Waals surface area contributed by atoms with Gasteiger partial charge in [-0.2, -0.15) is 0 Å². The molecule has 2 rings (SSSR count). The Morgan fingerprint density at radius 2 is 2.15 bits per heavy atom. The molecular weight excluding hydrogens is 254 g/mol. The SMILES string of the molecule is Cc1cccc([C@@H]2CN(C(=O)OC(C)(C)C)CCO2)c1. The Hall–Kier alpha value is -1.55. The molecule has 0 bridgehead atoms. The van der Waals surface area contributed by atoms with Gasteiger partial charge in [0.25, 0.3) is 0 Å². The fourth-order valence-electron chi connectivity index (χ4n) is 2.21. The van der Waals surface area contributed by atoms with E-state index in [1.807, 2.05) is 32.9 Å². The molecule has 4 heteroatoms. The average Bonchev–Trinajstić information content (AvgIpc) is 2.37. The van der Waals surface area contributed by atoms with Gasteiger partial charge in [-0.25, -0.2) is 4.79 Å². The molecular formula is C16H23NO3. The number of benzene rings is 1. The molecule has 1 fully saturated rings. The summed E-state index contributed by atoms with van der Waals surface area (Å²) in [6.45, 7) is 9.35. The summed E-state index contributed by atoms with van der Waals surface area (Å²) in [7, 11) is 0. The van der Waals surface area contributed by atoms with Gasteiger partial charge in [0.2, 0.25) is 0 Å². The molecule has 0 saturated carbocycles. The Morgan fingerprint density at radius 1 is 1.40 bits per heavy atom. The standard InChI is InChI=1S/C16H23NO3/c1-12-6-5-7-13(10-12)14-11-17(8-9-19-14)15(18)20-16(2,3)4/h5-7,10,14H,8-9,11H2,1-4H3/t14-/m0/s1. The van der Waals surface area contributed by atoms with E-state index in [0.29, 0.717) is 19.7 Å². The fraction of sp³-hybridized carbons (Fsp3) is 0.562. The summed E-state index contributed by atoms with van der Waals surface area (Å²) < 4.78 is 11.2. The topological polar surface area (TPSA) is 38.8 Å². The fourth-order valence-corrected chi connectivity index (χ4v) is 2.21. The number of ether oxygens (including phenoxy) is 2. The summed E-state index contributed by atoms with van der Waals surface area (Å²) in [5.74, 6) is 0. The van der Waals surface area contributed by atoms with Crippen LogP contribution in [0.3, 0.4) is 0 Å². The van der Waals surface area contributed by atoms with Gasteiger partial charge in [0, 0.05) is 6.54 Å². The van der Waals surface area contributed by atoms with Crippen molar-refractivity contribution in [2.75, 3.05) is 19.7 Å². The van der Waals surface area contributed by atoms with Crippen molar-refractivity contribution in [3.8, 4) is 0 Å². The quantitative estimate of drug-likeness (QED) is 0.790. The monoisotopic (exact) mass is 277 g/mol. The lowest BCUT2D eigenvalue weighted by Gasteiger charge is -2.34. The first-order chi connectivity index (χ1) is 9.35. The van der Waals surface area contributed by atoms with Crippen molar-refractivity contribution in [1.29, 1.82) is 0 Å². The lowest BCUT2D eigenvalue weighted by molar-refractivity contribution is -0.0433. The number of hydrogen-bond acceptors (Lipinski definition) is 3. The highest BCUT2D eigenvalue weighted by molar-refractivity contribution is 5.68. The predicted octanol–water partition coefficient (Wildman–Crippen LogP) is 3.30. The first kappa shape index (κ1) is 14.9. The average molecular weight is 277 g/mol. The molecule has 1 amide bonds. The highest BCUT2D eigenvalue weighted by Gasteiger charge is 2.28. The van der Waals surface area contributed by atoms with E-state index in [1.165, 1.54) is 5.56 Å². The molecule has 1 atom stereocenters. The molecule has 4 nitrogen and oxygen atoms in total. The second kappa shape index (κ2) is 5.83. The predicted molar refractivity (Wildman–Crippen MR) is 77.7 cm³/mol. The van der Waals surface area contributed by atoms with Crippen LogP contribution in [0, 0.1) is 6.92 Å². The molecule has 1 aromatic carbocycles. The van der Waals surface area contributed by atoms with Crippen LogP contribution in [0.5, 0.6) is 0 Å². The summed E-state index contributed by atoms with van der Waals surface area (Å²) in [6, 6.07) is 8.21. The summed E-state index contributed by atoms with van der Waals surface area (Å²) in [5, 5.41) is 0. The molecule has 20 heavy (non-hydrogen) atoms. The lowest BCUT2D eigenvalue weighted by Crippen LogP contribution is -2.44. The van der Waals surface area contributed by atoms with Crippen LogP contribution in [-0.4, -0.2) is 36.3 Å². The maximum absolute atomic E-state index is 12.1. The number of aryl methyl sites for hydroxylation is 1. The van der Waals surface area contributed by atoms with E-state index >= 15 is 0 Å². The van der Waals surface area contributed by atoms with E-state index in [1.54, 1.807) is 4.90 Å². The number of carbonyl (C=O) groups is 1. The third-order valence-electron chi connectivity index (χ3n) is 3.13. The minimum Gasteiger partial charge on any atom is -0.444 e. The van der Waals surface area contributed by atoms with E-state index < -0.39 is 5.60 Å². The molecule has 1 saturated heterocycles. The maximum Gasteiger partial charge on any atom is 0.410 e. The Kier molecular flexibility index (Phi) is 4.33. The second-order valence-electron chi connectivity index (χ2n) is 6.20. The van der Waals surface area contributed by atoms with Crippen LogP contribution in [0.4, 0.5) is 4.79 Å². The first-order valence-corrected chi connectivity index (χ1v) is 7.01. The van der Waals surface area contributed by atoms with Crippen LogP contribution >= 0.6 is 0 Å². The Morgan fingerprint density at radius 3 is 2.80 bits per heavy atom.